The maximum atomic E-state index is 4.47. The van der Waals surface area contributed by atoms with Gasteiger partial charge in [-0.25, -0.2) is 0 Å². The third kappa shape index (κ3) is 4.12. The van der Waals surface area contributed by atoms with Gasteiger partial charge in [0.25, 0.3) is 0 Å². The van der Waals surface area contributed by atoms with Gasteiger partial charge in [0, 0.05) is 34.9 Å². The average Bonchev–Trinajstić information content (AvgIpc) is 3.60. The first kappa shape index (κ1) is 24.1. The van der Waals surface area contributed by atoms with E-state index in [4.69, 9.17) is 0 Å². The molecule has 8 rings (SSSR count). The number of nitrogens with one attached hydrogen (secondary N) is 1. The molecule has 0 radical (unpaired) electrons. The van der Waals surface area contributed by atoms with E-state index in [2.05, 4.69) is 148 Å². The monoisotopic (exact) mass is 548 g/mol. The van der Waals surface area contributed by atoms with E-state index in [0.717, 1.165) is 5.52 Å². The van der Waals surface area contributed by atoms with Crippen molar-refractivity contribution in [3.63, 3.8) is 0 Å². The second-order valence-electron chi connectivity index (χ2n) is 10.6. The maximum absolute atomic E-state index is 4.47. The lowest BCUT2D eigenvalue weighted by Gasteiger charge is -2.31. The van der Waals surface area contributed by atoms with Crippen molar-refractivity contribution in [2.75, 3.05) is 22.2 Å². The highest BCUT2D eigenvalue weighted by Gasteiger charge is 2.35. The first-order valence-corrected chi connectivity index (χ1v) is 14.8. The molecule has 4 nitrogen and oxygen atoms in total. The van der Waals surface area contributed by atoms with Crippen LogP contribution in [0.3, 0.4) is 0 Å². The second kappa shape index (κ2) is 9.72. The van der Waals surface area contributed by atoms with Crippen LogP contribution >= 0.6 is 11.8 Å². The Balaban J connectivity index is 1.07. The zero-order valence-electron chi connectivity index (χ0n) is 22.6. The smallest absolute Gasteiger partial charge is 0.132 e. The maximum Gasteiger partial charge on any atom is 0.132 e. The van der Waals surface area contributed by atoms with Crippen LogP contribution in [0.5, 0.6) is 0 Å². The Morgan fingerprint density at radius 2 is 1.44 bits per heavy atom. The summed E-state index contributed by atoms with van der Waals surface area (Å²) in [5, 5.41) is 5.11. The van der Waals surface area contributed by atoms with Gasteiger partial charge >= 0.3 is 0 Å². The second-order valence-corrected chi connectivity index (χ2v) is 11.8. The molecule has 0 fully saturated rings. The molecule has 5 aromatic carbocycles. The zero-order chi connectivity index (χ0) is 27.3. The van der Waals surface area contributed by atoms with Crippen molar-refractivity contribution in [3.8, 4) is 11.1 Å². The summed E-state index contributed by atoms with van der Waals surface area (Å²) >= 11 is 1.87. The lowest BCUT2D eigenvalue weighted by Crippen LogP contribution is -2.30. The Hall–Kier alpha value is -4.74. The van der Waals surface area contributed by atoms with E-state index in [1.54, 1.807) is 0 Å². The number of hydrogen-bond acceptors (Lipinski definition) is 5. The number of thioether (sulfide) groups is 1. The molecule has 2 aliphatic rings. The van der Waals surface area contributed by atoms with Gasteiger partial charge in [-0.1, -0.05) is 84.6 Å². The minimum Gasteiger partial charge on any atom is -0.368 e. The van der Waals surface area contributed by atoms with Crippen LogP contribution in [0.1, 0.15) is 22.7 Å². The summed E-state index contributed by atoms with van der Waals surface area (Å²) in [6.07, 6.45) is 1.93. The predicted molar refractivity (Wildman–Crippen MR) is 172 cm³/mol. The highest BCUT2D eigenvalue weighted by molar-refractivity contribution is 8.00. The molecule has 0 bridgehead atoms. The fourth-order valence-corrected chi connectivity index (χ4v) is 7.24. The highest BCUT2D eigenvalue weighted by Crippen LogP contribution is 2.50. The van der Waals surface area contributed by atoms with Gasteiger partial charge < -0.3 is 15.1 Å². The molecule has 0 aliphatic carbocycles. The van der Waals surface area contributed by atoms with Gasteiger partial charge in [-0.3, -0.25) is 4.98 Å². The molecule has 1 aromatic heterocycles. The molecule has 2 aliphatic heterocycles. The first-order valence-electron chi connectivity index (χ1n) is 13.9. The number of benzene rings is 5. The minimum absolute atomic E-state index is 0.0832. The number of anilines is 4. The minimum atomic E-state index is 0.0832. The zero-order valence-corrected chi connectivity index (χ0v) is 23.4. The fourth-order valence-electron chi connectivity index (χ4n) is 6.12. The Labute approximate surface area is 244 Å². The molecule has 41 heavy (non-hydrogen) atoms. The summed E-state index contributed by atoms with van der Waals surface area (Å²) in [5.41, 5.74) is 10.8. The van der Waals surface area contributed by atoms with Crippen LogP contribution in [0.2, 0.25) is 0 Å². The van der Waals surface area contributed by atoms with Crippen LogP contribution in [0, 0.1) is 0 Å². The Bertz CT molecular complexity index is 1890. The average molecular weight is 549 g/mol. The third-order valence-electron chi connectivity index (χ3n) is 8.15. The Kier molecular flexibility index (Phi) is 5.71. The summed E-state index contributed by atoms with van der Waals surface area (Å²) in [4.78, 5) is 10.6. The van der Waals surface area contributed by atoms with Gasteiger partial charge in [-0.15, -0.1) is 0 Å². The van der Waals surface area contributed by atoms with Gasteiger partial charge in [0.15, 0.2) is 0 Å². The molecule has 1 N–H and O–H groups in total. The SMILES string of the molecule is CN1c2ccccc2N(c2ccccc2)C1c1ccc(-c2ccc3c(c2)NC(c2ccc4ncccc4c2)S3)cc1. The molecule has 198 valence electrons. The molecule has 6 aromatic rings. The molecule has 3 heterocycles. The molecule has 0 amide bonds. The summed E-state index contributed by atoms with van der Waals surface area (Å²) in [6.45, 7) is 0. The van der Waals surface area contributed by atoms with E-state index in [9.17, 15) is 0 Å². The highest BCUT2D eigenvalue weighted by atomic mass is 32.2. The van der Waals surface area contributed by atoms with Crippen LogP contribution in [0.4, 0.5) is 22.7 Å². The van der Waals surface area contributed by atoms with Crippen molar-refractivity contribution in [3.05, 3.63) is 145 Å². The van der Waals surface area contributed by atoms with Crippen molar-refractivity contribution < 1.29 is 0 Å². The molecule has 5 heteroatoms. The summed E-state index contributed by atoms with van der Waals surface area (Å²) in [7, 11) is 2.19. The standard InChI is InChI=1S/C36H28N4S/c1-39-32-11-5-6-12-33(32)40(29-9-3-2-4-10-29)36(39)25-15-13-24(14-16-25)26-18-20-34-31(23-26)38-35(41-34)28-17-19-30-27(22-28)8-7-21-37-30/h2-23,35-36,38H,1H3. The van der Waals surface area contributed by atoms with Crippen LogP contribution < -0.4 is 15.1 Å². The van der Waals surface area contributed by atoms with Gasteiger partial charge in [0.2, 0.25) is 0 Å². The van der Waals surface area contributed by atoms with E-state index in [1.807, 2.05) is 24.0 Å². The van der Waals surface area contributed by atoms with Gasteiger partial charge in [0.05, 0.1) is 16.9 Å². The van der Waals surface area contributed by atoms with Crippen LogP contribution in [0.15, 0.2) is 138 Å². The van der Waals surface area contributed by atoms with E-state index in [-0.39, 0.29) is 11.5 Å². The molecule has 0 saturated heterocycles. The van der Waals surface area contributed by atoms with Crippen molar-refractivity contribution >= 4 is 45.4 Å². The fraction of sp³-hybridized carbons (Fsp3) is 0.0833. The van der Waals surface area contributed by atoms with Crippen LogP contribution in [0.25, 0.3) is 22.0 Å². The molecular weight excluding hydrogens is 520 g/mol. The van der Waals surface area contributed by atoms with Gasteiger partial charge in [0.1, 0.15) is 11.5 Å². The predicted octanol–water partition coefficient (Wildman–Crippen LogP) is 9.40. The van der Waals surface area contributed by atoms with E-state index in [1.165, 1.54) is 55.3 Å². The van der Waals surface area contributed by atoms with E-state index < -0.39 is 0 Å². The number of hydrogen-bond donors (Lipinski definition) is 1. The number of pyridine rings is 1. The number of aromatic nitrogens is 1. The third-order valence-corrected chi connectivity index (χ3v) is 9.39. The van der Waals surface area contributed by atoms with Crippen LogP contribution in [-0.2, 0) is 0 Å². The van der Waals surface area contributed by atoms with E-state index in [0.29, 0.717) is 0 Å². The Morgan fingerprint density at radius 3 is 2.29 bits per heavy atom. The quantitative estimate of drug-likeness (QED) is 0.237. The lowest BCUT2D eigenvalue weighted by molar-refractivity contribution is 0.719. The molecule has 2 atom stereocenters. The molecule has 2 unspecified atom stereocenters. The van der Waals surface area contributed by atoms with Gasteiger partial charge in [-0.05, 0) is 76.9 Å². The Morgan fingerprint density at radius 1 is 0.683 bits per heavy atom. The molecule has 0 spiro atoms. The number of para-hydroxylation sites is 3. The normalized spacial score (nSPS) is 17.4. The van der Waals surface area contributed by atoms with Crippen LogP contribution in [-0.4, -0.2) is 12.0 Å². The molecular formula is C36H28N4S. The van der Waals surface area contributed by atoms with E-state index >= 15 is 0 Å². The molecule has 0 saturated carbocycles. The van der Waals surface area contributed by atoms with Gasteiger partial charge in [-0.2, -0.15) is 0 Å². The van der Waals surface area contributed by atoms with Crippen molar-refractivity contribution in [2.24, 2.45) is 0 Å². The lowest BCUT2D eigenvalue weighted by atomic mass is 10.0. The number of rotatable bonds is 4. The first-order chi connectivity index (χ1) is 20.2. The summed E-state index contributed by atoms with van der Waals surface area (Å²) in [6, 6.07) is 45.8. The largest absolute Gasteiger partial charge is 0.368 e. The topological polar surface area (TPSA) is 31.4 Å². The number of nitrogens with zero attached hydrogens (tertiary/aromatic N) is 3. The number of fused-ring (bicyclic) bond motifs is 3. The van der Waals surface area contributed by atoms with Crippen molar-refractivity contribution in [2.45, 2.75) is 16.4 Å². The summed E-state index contributed by atoms with van der Waals surface area (Å²) < 4.78 is 0. The van der Waals surface area contributed by atoms with Crippen molar-refractivity contribution in [1.29, 1.82) is 0 Å². The van der Waals surface area contributed by atoms with Crippen molar-refractivity contribution in [1.82, 2.24) is 4.98 Å². The summed E-state index contributed by atoms with van der Waals surface area (Å²) in [5.74, 6) is 0.